The zero-order valence-corrected chi connectivity index (χ0v) is 16.1. The summed E-state index contributed by atoms with van der Waals surface area (Å²) in [5.74, 6) is -0.407. The summed E-state index contributed by atoms with van der Waals surface area (Å²) in [6, 6.07) is 10.2. The molecule has 0 aliphatic heterocycles. The molecule has 1 aliphatic rings. The Balaban J connectivity index is 1.96. The third-order valence-electron chi connectivity index (χ3n) is 6.09. The zero-order chi connectivity index (χ0) is 18.8. The summed E-state index contributed by atoms with van der Waals surface area (Å²) in [5, 5.41) is 20.6. The van der Waals surface area contributed by atoms with Gasteiger partial charge < -0.3 is 10.2 Å². The third-order valence-corrected chi connectivity index (χ3v) is 6.09. The maximum Gasteiger partial charge on any atom is 0.309 e. The first-order valence-corrected chi connectivity index (χ1v) is 10.1. The van der Waals surface area contributed by atoms with Crippen LogP contribution < -0.4 is 0 Å². The minimum Gasteiger partial charge on any atom is -0.481 e. The van der Waals surface area contributed by atoms with Crippen LogP contribution in [0.1, 0.15) is 70.3 Å². The van der Waals surface area contributed by atoms with E-state index in [0.29, 0.717) is 25.7 Å². The van der Waals surface area contributed by atoms with Crippen molar-refractivity contribution in [1.82, 2.24) is 0 Å². The topological polar surface area (TPSA) is 57.5 Å². The van der Waals surface area contributed by atoms with Crippen LogP contribution in [-0.2, 0) is 11.2 Å². The van der Waals surface area contributed by atoms with Gasteiger partial charge in [-0.2, -0.15) is 0 Å². The van der Waals surface area contributed by atoms with E-state index in [9.17, 15) is 15.0 Å². The van der Waals surface area contributed by atoms with Crippen molar-refractivity contribution in [2.45, 2.75) is 77.2 Å². The number of aliphatic hydroxyl groups is 1. The molecule has 1 saturated carbocycles. The lowest BCUT2D eigenvalue weighted by Crippen LogP contribution is -2.38. The fourth-order valence-corrected chi connectivity index (χ4v) is 4.45. The van der Waals surface area contributed by atoms with Crippen LogP contribution in [0.2, 0.25) is 0 Å². The molecule has 2 unspecified atom stereocenters. The van der Waals surface area contributed by atoms with E-state index in [-0.39, 0.29) is 5.92 Å². The Morgan fingerprint density at radius 3 is 2.50 bits per heavy atom. The molecule has 0 amide bonds. The summed E-state index contributed by atoms with van der Waals surface area (Å²) in [5.41, 5.74) is 0.545. The van der Waals surface area contributed by atoms with Gasteiger partial charge >= 0.3 is 5.97 Å². The highest BCUT2D eigenvalue weighted by atomic mass is 16.4. The van der Waals surface area contributed by atoms with E-state index in [0.717, 1.165) is 38.5 Å². The Kier molecular flexibility index (Phi) is 8.37. The lowest BCUT2D eigenvalue weighted by molar-refractivity contribution is -0.154. The molecule has 0 bridgehead atoms. The molecule has 0 saturated heterocycles. The van der Waals surface area contributed by atoms with Crippen LogP contribution in [-0.4, -0.2) is 22.3 Å². The fraction of sp³-hybridized carbons (Fsp3) is 0.609. The molecule has 2 atom stereocenters. The molecule has 2 rings (SSSR count). The Hall–Kier alpha value is -1.61. The number of hydrogen-bond acceptors (Lipinski definition) is 2. The number of carboxylic acid groups (broad SMARTS) is 1. The number of carboxylic acids is 1. The quantitative estimate of drug-likeness (QED) is 0.522. The van der Waals surface area contributed by atoms with Gasteiger partial charge in [0.15, 0.2) is 0 Å². The van der Waals surface area contributed by atoms with Crippen molar-refractivity contribution >= 4 is 5.97 Å². The van der Waals surface area contributed by atoms with Crippen LogP contribution in [0.15, 0.2) is 42.5 Å². The second kappa shape index (κ2) is 10.5. The molecule has 1 aromatic carbocycles. The highest BCUT2D eigenvalue weighted by molar-refractivity contribution is 5.75. The number of allylic oxidation sites excluding steroid dienone is 2. The van der Waals surface area contributed by atoms with Crippen LogP contribution >= 0.6 is 0 Å². The smallest absolute Gasteiger partial charge is 0.309 e. The van der Waals surface area contributed by atoms with Crippen molar-refractivity contribution in [1.29, 1.82) is 0 Å². The zero-order valence-electron chi connectivity index (χ0n) is 16.1. The number of carbonyl (C=O) groups is 1. The minimum absolute atomic E-state index is 0.256. The second-order valence-electron chi connectivity index (χ2n) is 7.77. The maximum atomic E-state index is 12.3. The monoisotopic (exact) mass is 358 g/mol. The lowest BCUT2D eigenvalue weighted by atomic mass is 9.67. The normalized spacial score (nSPS) is 18.8. The number of aryl methyl sites for hydroxylation is 1. The third kappa shape index (κ3) is 5.70. The molecule has 3 nitrogen and oxygen atoms in total. The highest BCUT2D eigenvalue weighted by Crippen LogP contribution is 2.47. The van der Waals surface area contributed by atoms with Gasteiger partial charge in [0.25, 0.3) is 0 Å². The summed E-state index contributed by atoms with van der Waals surface area (Å²) < 4.78 is 0. The Morgan fingerprint density at radius 2 is 1.88 bits per heavy atom. The van der Waals surface area contributed by atoms with E-state index in [4.69, 9.17) is 0 Å². The van der Waals surface area contributed by atoms with Crippen molar-refractivity contribution in [2.24, 2.45) is 11.3 Å². The molecule has 1 aromatic rings. The first kappa shape index (κ1) is 20.7. The second-order valence-corrected chi connectivity index (χ2v) is 7.77. The molecule has 0 aromatic heterocycles. The average molecular weight is 359 g/mol. The van der Waals surface area contributed by atoms with Crippen LogP contribution in [0.4, 0.5) is 0 Å². The van der Waals surface area contributed by atoms with Crippen molar-refractivity contribution in [3.05, 3.63) is 48.0 Å². The van der Waals surface area contributed by atoms with Gasteiger partial charge in [-0.15, -0.1) is 0 Å². The maximum absolute atomic E-state index is 12.3. The van der Waals surface area contributed by atoms with Crippen LogP contribution in [0.25, 0.3) is 0 Å². The summed E-state index contributed by atoms with van der Waals surface area (Å²) in [4.78, 5) is 12.3. The molecule has 144 valence electrons. The van der Waals surface area contributed by atoms with E-state index >= 15 is 0 Å². The molecule has 1 aliphatic carbocycles. The van der Waals surface area contributed by atoms with Gasteiger partial charge in [-0.1, -0.05) is 55.3 Å². The summed E-state index contributed by atoms with van der Waals surface area (Å²) in [6.07, 6.45) is 12.1. The number of aliphatic carboxylic acids is 1. The average Bonchev–Trinajstić information content (AvgIpc) is 3.18. The van der Waals surface area contributed by atoms with Gasteiger partial charge in [0.05, 0.1) is 11.5 Å². The van der Waals surface area contributed by atoms with Crippen LogP contribution in [0.5, 0.6) is 0 Å². The standard InChI is InChI=1S/C23H34O3/c1-2-3-9-17-23(22(25)26,20-12-7-8-13-20)18-16-21(24)15-14-19-10-5-4-6-11-19/h2-6,10-11,20-21,24H,7-9,12-18H2,1H3,(H,25,26). The predicted molar refractivity (Wildman–Crippen MR) is 106 cm³/mol. The molecule has 2 N–H and O–H groups in total. The molecular formula is C23H34O3. The molecule has 1 fully saturated rings. The van der Waals surface area contributed by atoms with Gasteiger partial charge in [-0.25, -0.2) is 0 Å². The Morgan fingerprint density at radius 1 is 1.19 bits per heavy atom. The van der Waals surface area contributed by atoms with Crippen LogP contribution in [0, 0.1) is 11.3 Å². The van der Waals surface area contributed by atoms with E-state index in [1.807, 2.05) is 31.2 Å². The highest BCUT2D eigenvalue weighted by Gasteiger charge is 2.45. The number of benzene rings is 1. The Labute approximate surface area is 158 Å². The predicted octanol–water partition coefficient (Wildman–Crippen LogP) is 5.38. The largest absolute Gasteiger partial charge is 0.481 e. The molecular weight excluding hydrogens is 324 g/mol. The van der Waals surface area contributed by atoms with E-state index in [1.54, 1.807) is 0 Å². The first-order valence-electron chi connectivity index (χ1n) is 10.1. The lowest BCUT2D eigenvalue weighted by Gasteiger charge is -2.36. The molecule has 26 heavy (non-hydrogen) atoms. The van der Waals surface area contributed by atoms with Crippen molar-refractivity contribution < 1.29 is 15.0 Å². The van der Waals surface area contributed by atoms with E-state index in [2.05, 4.69) is 18.2 Å². The van der Waals surface area contributed by atoms with Gasteiger partial charge in [0, 0.05) is 0 Å². The van der Waals surface area contributed by atoms with Gasteiger partial charge in [0.1, 0.15) is 0 Å². The van der Waals surface area contributed by atoms with Crippen LogP contribution in [0.3, 0.4) is 0 Å². The van der Waals surface area contributed by atoms with Gasteiger partial charge in [-0.3, -0.25) is 4.79 Å². The number of hydrogen-bond donors (Lipinski definition) is 2. The molecule has 0 heterocycles. The number of rotatable bonds is 11. The fourth-order valence-electron chi connectivity index (χ4n) is 4.45. The minimum atomic E-state index is -0.677. The Bertz CT molecular complexity index is 560. The van der Waals surface area contributed by atoms with Gasteiger partial charge in [-0.05, 0) is 69.8 Å². The molecule has 0 radical (unpaired) electrons. The number of aliphatic hydroxyl groups excluding tert-OH is 1. The molecule has 0 spiro atoms. The van der Waals surface area contributed by atoms with Crippen molar-refractivity contribution in [3.8, 4) is 0 Å². The molecule has 3 heteroatoms. The SMILES string of the molecule is CC=CCCC(CCC(O)CCc1ccccc1)(C(=O)O)C1CCCC1. The first-order chi connectivity index (χ1) is 12.6. The van der Waals surface area contributed by atoms with Crippen molar-refractivity contribution in [3.63, 3.8) is 0 Å². The van der Waals surface area contributed by atoms with Gasteiger partial charge in [0.2, 0.25) is 0 Å². The van der Waals surface area contributed by atoms with E-state index < -0.39 is 17.5 Å². The summed E-state index contributed by atoms with van der Waals surface area (Å²) >= 11 is 0. The summed E-state index contributed by atoms with van der Waals surface area (Å²) in [7, 11) is 0. The summed E-state index contributed by atoms with van der Waals surface area (Å²) in [6.45, 7) is 1.98. The van der Waals surface area contributed by atoms with E-state index in [1.165, 1.54) is 5.56 Å². The van der Waals surface area contributed by atoms with Crippen molar-refractivity contribution in [2.75, 3.05) is 0 Å².